The second-order valence-corrected chi connectivity index (χ2v) is 5.53. The lowest BCUT2D eigenvalue weighted by Gasteiger charge is -2.21. The van der Waals surface area contributed by atoms with Crippen LogP contribution in [0.1, 0.15) is 38.4 Å². The minimum absolute atomic E-state index is 0.473. The summed E-state index contributed by atoms with van der Waals surface area (Å²) in [6.07, 6.45) is 1.60. The first kappa shape index (κ1) is 14.1. The molecule has 0 saturated heterocycles. The fourth-order valence-corrected chi connectivity index (χ4v) is 2.50. The first-order valence-corrected chi connectivity index (χ1v) is 7.46. The molecule has 0 aliphatic carbocycles. The number of hydrogen-bond donors (Lipinski definition) is 1. The Hall–Kier alpha value is -1.33. The largest absolute Gasteiger partial charge is 0.338 e. The summed E-state index contributed by atoms with van der Waals surface area (Å²) in [5, 5.41) is 4.02. The average Bonchev–Trinajstić information content (AvgIpc) is 2.95. The van der Waals surface area contributed by atoms with Crippen molar-refractivity contribution in [3.63, 3.8) is 0 Å². The second-order valence-electron chi connectivity index (χ2n) is 4.48. The number of nitrogens with two attached hydrogens (primary N) is 1. The molecule has 0 unspecified atom stereocenters. The highest BCUT2D eigenvalue weighted by atomic mass is 32.2. The van der Waals surface area contributed by atoms with Gasteiger partial charge in [-0.1, -0.05) is 37.2 Å². The molecule has 0 aliphatic heterocycles. The monoisotopic (exact) mass is 277 g/mol. The fourth-order valence-electron chi connectivity index (χ4n) is 1.74. The molecule has 2 aromatic rings. The maximum Gasteiger partial charge on any atom is 0.237 e. The molecule has 5 heteroatoms. The molecule has 19 heavy (non-hydrogen) atoms. The standard InChI is InChI=1S/C14H19N3OS/c1-3-14(15,4-2)13-16-12(18-17-13)10-19-11-8-6-5-7-9-11/h5-9H,3-4,10,15H2,1-2H3. The van der Waals surface area contributed by atoms with Crippen LogP contribution in [0.2, 0.25) is 0 Å². The molecule has 0 amide bonds. The zero-order valence-corrected chi connectivity index (χ0v) is 12.1. The van der Waals surface area contributed by atoms with Gasteiger partial charge in [0.05, 0.1) is 11.3 Å². The van der Waals surface area contributed by atoms with Crippen LogP contribution >= 0.6 is 11.8 Å². The third-order valence-corrected chi connectivity index (χ3v) is 4.28. The first-order valence-electron chi connectivity index (χ1n) is 6.47. The van der Waals surface area contributed by atoms with Gasteiger partial charge in [-0.15, -0.1) is 11.8 Å². The summed E-state index contributed by atoms with van der Waals surface area (Å²) in [7, 11) is 0. The molecule has 0 aliphatic rings. The highest BCUT2D eigenvalue weighted by Gasteiger charge is 2.28. The number of benzene rings is 1. The lowest BCUT2D eigenvalue weighted by molar-refractivity contribution is 0.339. The van der Waals surface area contributed by atoms with Gasteiger partial charge in [0.1, 0.15) is 0 Å². The lowest BCUT2D eigenvalue weighted by atomic mass is 9.94. The Kier molecular flexibility index (Phi) is 4.61. The lowest BCUT2D eigenvalue weighted by Crippen LogP contribution is -2.36. The van der Waals surface area contributed by atoms with Crippen molar-refractivity contribution >= 4 is 11.8 Å². The Morgan fingerprint density at radius 1 is 1.21 bits per heavy atom. The molecule has 0 atom stereocenters. The minimum atomic E-state index is -0.473. The third kappa shape index (κ3) is 3.36. The topological polar surface area (TPSA) is 64.9 Å². The Balaban J connectivity index is 2.02. The van der Waals surface area contributed by atoms with E-state index in [9.17, 15) is 0 Å². The van der Waals surface area contributed by atoms with E-state index in [1.54, 1.807) is 11.8 Å². The normalized spacial score (nSPS) is 11.7. The van der Waals surface area contributed by atoms with E-state index in [4.69, 9.17) is 10.3 Å². The average molecular weight is 277 g/mol. The molecule has 1 aromatic heterocycles. The van der Waals surface area contributed by atoms with E-state index < -0.39 is 5.54 Å². The van der Waals surface area contributed by atoms with Crippen LogP contribution in [0.5, 0.6) is 0 Å². The van der Waals surface area contributed by atoms with Crippen molar-refractivity contribution < 1.29 is 4.52 Å². The van der Waals surface area contributed by atoms with Gasteiger partial charge in [-0.25, -0.2) is 0 Å². The van der Waals surface area contributed by atoms with Crippen LogP contribution in [0.25, 0.3) is 0 Å². The molecule has 0 bridgehead atoms. The summed E-state index contributed by atoms with van der Waals surface area (Å²) in [5.74, 6) is 1.90. The SMILES string of the molecule is CCC(N)(CC)c1noc(CSc2ccccc2)n1. The minimum Gasteiger partial charge on any atom is -0.338 e. The van der Waals surface area contributed by atoms with Crippen molar-refractivity contribution in [1.29, 1.82) is 0 Å². The van der Waals surface area contributed by atoms with Crippen LogP contribution < -0.4 is 5.73 Å². The van der Waals surface area contributed by atoms with Gasteiger partial charge < -0.3 is 10.3 Å². The van der Waals surface area contributed by atoms with Crippen molar-refractivity contribution in [2.45, 2.75) is 42.9 Å². The first-order chi connectivity index (χ1) is 9.18. The Morgan fingerprint density at radius 2 is 1.89 bits per heavy atom. The highest BCUT2D eigenvalue weighted by Crippen LogP contribution is 2.25. The molecular formula is C14H19N3OS. The highest BCUT2D eigenvalue weighted by molar-refractivity contribution is 7.98. The molecule has 1 aromatic carbocycles. The van der Waals surface area contributed by atoms with Gasteiger partial charge in [0.15, 0.2) is 5.82 Å². The third-order valence-electron chi connectivity index (χ3n) is 3.28. The van der Waals surface area contributed by atoms with E-state index in [2.05, 4.69) is 22.3 Å². The van der Waals surface area contributed by atoms with Gasteiger partial charge in [0, 0.05) is 4.90 Å². The van der Waals surface area contributed by atoms with Crippen LogP contribution in [-0.2, 0) is 11.3 Å². The van der Waals surface area contributed by atoms with Gasteiger partial charge >= 0.3 is 0 Å². The van der Waals surface area contributed by atoms with Crippen LogP contribution in [0.15, 0.2) is 39.8 Å². The summed E-state index contributed by atoms with van der Waals surface area (Å²) in [5.41, 5.74) is 5.77. The predicted molar refractivity (Wildman–Crippen MR) is 76.7 cm³/mol. The van der Waals surface area contributed by atoms with E-state index in [1.807, 2.05) is 32.0 Å². The second kappa shape index (κ2) is 6.21. The van der Waals surface area contributed by atoms with Crippen molar-refractivity contribution in [2.24, 2.45) is 5.73 Å². The van der Waals surface area contributed by atoms with E-state index in [-0.39, 0.29) is 0 Å². The van der Waals surface area contributed by atoms with Crippen molar-refractivity contribution in [3.05, 3.63) is 42.0 Å². The number of nitrogens with zero attached hydrogens (tertiary/aromatic N) is 2. The molecule has 0 spiro atoms. The number of aromatic nitrogens is 2. The molecule has 2 rings (SSSR count). The van der Waals surface area contributed by atoms with Crippen LogP contribution in [-0.4, -0.2) is 10.1 Å². The van der Waals surface area contributed by atoms with Crippen LogP contribution in [0, 0.1) is 0 Å². The summed E-state index contributed by atoms with van der Waals surface area (Å²) < 4.78 is 5.27. The fraction of sp³-hybridized carbons (Fsp3) is 0.429. The summed E-state index contributed by atoms with van der Waals surface area (Å²) >= 11 is 1.68. The quantitative estimate of drug-likeness (QED) is 0.820. The smallest absolute Gasteiger partial charge is 0.237 e. The summed E-state index contributed by atoms with van der Waals surface area (Å²) in [6.45, 7) is 4.08. The van der Waals surface area contributed by atoms with Gasteiger partial charge in [0.2, 0.25) is 5.89 Å². The maximum atomic E-state index is 6.25. The summed E-state index contributed by atoms with van der Waals surface area (Å²) in [4.78, 5) is 5.60. The van der Waals surface area contributed by atoms with Crippen molar-refractivity contribution in [2.75, 3.05) is 0 Å². The number of rotatable bonds is 6. The molecule has 4 nitrogen and oxygen atoms in total. The molecule has 102 valence electrons. The predicted octanol–water partition coefficient (Wildman–Crippen LogP) is 3.34. The van der Waals surface area contributed by atoms with Gasteiger partial charge in [-0.05, 0) is 25.0 Å². The molecule has 2 N–H and O–H groups in total. The summed E-state index contributed by atoms with van der Waals surface area (Å²) in [6, 6.07) is 10.2. The van der Waals surface area contributed by atoms with Gasteiger partial charge in [-0.3, -0.25) is 0 Å². The van der Waals surface area contributed by atoms with E-state index in [1.165, 1.54) is 4.90 Å². The van der Waals surface area contributed by atoms with Gasteiger partial charge in [-0.2, -0.15) is 4.98 Å². The molecule has 0 fully saturated rings. The van der Waals surface area contributed by atoms with Crippen LogP contribution in [0.3, 0.4) is 0 Å². The van der Waals surface area contributed by atoms with E-state index in [0.717, 1.165) is 12.8 Å². The maximum absolute atomic E-state index is 6.25. The molecule has 1 heterocycles. The number of thioether (sulfide) groups is 1. The van der Waals surface area contributed by atoms with E-state index in [0.29, 0.717) is 17.5 Å². The number of hydrogen-bond acceptors (Lipinski definition) is 5. The Bertz CT molecular complexity index is 508. The molecular weight excluding hydrogens is 258 g/mol. The zero-order valence-electron chi connectivity index (χ0n) is 11.3. The van der Waals surface area contributed by atoms with Crippen LogP contribution in [0.4, 0.5) is 0 Å². The van der Waals surface area contributed by atoms with E-state index >= 15 is 0 Å². The van der Waals surface area contributed by atoms with Crippen molar-refractivity contribution in [3.8, 4) is 0 Å². The molecule has 0 radical (unpaired) electrons. The van der Waals surface area contributed by atoms with Gasteiger partial charge in [0.25, 0.3) is 0 Å². The zero-order chi connectivity index (χ0) is 13.7. The Morgan fingerprint density at radius 3 is 2.53 bits per heavy atom. The molecule has 0 saturated carbocycles. The van der Waals surface area contributed by atoms with Crippen molar-refractivity contribution in [1.82, 2.24) is 10.1 Å². The Labute approximate surface area is 117 Å².